The first-order chi connectivity index (χ1) is 12.3. The van der Waals surface area contributed by atoms with Crippen molar-refractivity contribution in [1.29, 1.82) is 0 Å². The van der Waals surface area contributed by atoms with Gasteiger partial charge in [-0.15, -0.1) is 0 Å². The van der Waals surface area contributed by atoms with E-state index in [1.165, 1.54) is 18.1 Å². The van der Waals surface area contributed by atoms with Gasteiger partial charge in [0.1, 0.15) is 5.75 Å². The number of halogens is 1. The van der Waals surface area contributed by atoms with Crippen molar-refractivity contribution >= 4 is 33.0 Å². The third-order valence-electron chi connectivity index (χ3n) is 4.23. The molecule has 3 rings (SSSR count). The van der Waals surface area contributed by atoms with E-state index in [1.54, 1.807) is 42.5 Å². The number of carbonyl (C=O) groups is 1. The topological polar surface area (TPSA) is 63.7 Å². The summed E-state index contributed by atoms with van der Waals surface area (Å²) in [6.45, 7) is 1.86. The van der Waals surface area contributed by atoms with Crippen LogP contribution in [0.2, 0.25) is 5.02 Å². The maximum absolute atomic E-state index is 13.3. The van der Waals surface area contributed by atoms with Crippen LogP contribution in [-0.4, -0.2) is 33.2 Å². The monoisotopic (exact) mass is 391 g/mol. The van der Waals surface area contributed by atoms with Crippen molar-refractivity contribution in [3.05, 3.63) is 70.1 Å². The predicted octanol–water partition coefficient (Wildman–Crippen LogP) is 3.61. The molecule has 0 aliphatic carbocycles. The Hall–Kier alpha value is -2.31. The lowest BCUT2D eigenvalue weighted by molar-refractivity contribution is 0.0980. The quantitative estimate of drug-likeness (QED) is 0.798. The van der Waals surface area contributed by atoms with Gasteiger partial charge in [0.05, 0.1) is 24.5 Å². The second-order valence-electron chi connectivity index (χ2n) is 6.03. The number of benzene rings is 2. The lowest BCUT2D eigenvalue weighted by Gasteiger charge is -2.28. The molecule has 1 atom stereocenters. The van der Waals surface area contributed by atoms with E-state index in [1.807, 2.05) is 6.92 Å². The minimum atomic E-state index is -3.34. The van der Waals surface area contributed by atoms with Gasteiger partial charge in [-0.25, -0.2) is 8.42 Å². The van der Waals surface area contributed by atoms with Crippen molar-refractivity contribution in [2.24, 2.45) is 0 Å². The fourth-order valence-corrected chi connectivity index (χ4v) is 4.31. The summed E-state index contributed by atoms with van der Waals surface area (Å²) < 4.78 is 29.1. The van der Waals surface area contributed by atoms with Crippen molar-refractivity contribution in [3.8, 4) is 5.75 Å². The van der Waals surface area contributed by atoms with E-state index in [4.69, 9.17) is 16.3 Å². The van der Waals surface area contributed by atoms with Crippen LogP contribution >= 0.6 is 11.6 Å². The molecule has 0 bridgehead atoms. The van der Waals surface area contributed by atoms with E-state index in [9.17, 15) is 13.2 Å². The number of anilines is 1. The molecule has 1 amide bonds. The highest BCUT2D eigenvalue weighted by molar-refractivity contribution is 7.94. The van der Waals surface area contributed by atoms with Crippen LogP contribution in [0.3, 0.4) is 0 Å². The molecule has 0 N–H and O–H groups in total. The molecule has 0 unspecified atom stereocenters. The zero-order chi connectivity index (χ0) is 18.9. The third-order valence-corrected chi connectivity index (χ3v) is 6.02. The molecule has 0 aromatic heterocycles. The first-order valence-electron chi connectivity index (χ1n) is 7.96. The molecule has 0 fully saturated rings. The van der Waals surface area contributed by atoms with E-state index in [0.29, 0.717) is 22.0 Å². The molecular weight excluding hydrogens is 374 g/mol. The van der Waals surface area contributed by atoms with Crippen LogP contribution in [-0.2, 0) is 9.84 Å². The van der Waals surface area contributed by atoms with Crippen LogP contribution in [0.25, 0.3) is 0 Å². The number of para-hydroxylation sites is 1. The number of ether oxygens (including phenoxy) is 1. The average molecular weight is 392 g/mol. The van der Waals surface area contributed by atoms with Crippen molar-refractivity contribution in [2.75, 3.05) is 17.8 Å². The molecular formula is C19H18ClNO4S. The third kappa shape index (κ3) is 3.61. The second kappa shape index (κ2) is 7.13. The molecule has 1 heterocycles. The first-order valence-corrected chi connectivity index (χ1v) is 10.1. The van der Waals surface area contributed by atoms with E-state index in [0.717, 1.165) is 11.0 Å². The summed E-state index contributed by atoms with van der Waals surface area (Å²) >= 11 is 6.23. The molecule has 5 nitrogen and oxygen atoms in total. The number of rotatable bonds is 4. The highest BCUT2D eigenvalue weighted by atomic mass is 35.5. The molecule has 0 saturated carbocycles. The van der Waals surface area contributed by atoms with Gasteiger partial charge in [0.25, 0.3) is 5.91 Å². The van der Waals surface area contributed by atoms with Gasteiger partial charge in [0.2, 0.25) is 0 Å². The number of sulfone groups is 1. The van der Waals surface area contributed by atoms with E-state index >= 15 is 0 Å². The largest absolute Gasteiger partial charge is 0.496 e. The number of nitrogens with zero attached hydrogens (tertiary/aromatic N) is 1. The maximum atomic E-state index is 13.3. The Labute approximate surface area is 157 Å². The molecule has 26 heavy (non-hydrogen) atoms. The average Bonchev–Trinajstić information content (AvgIpc) is 2.97. The van der Waals surface area contributed by atoms with E-state index in [2.05, 4.69) is 0 Å². The second-order valence-corrected chi connectivity index (χ2v) is 8.37. The van der Waals surface area contributed by atoms with Gasteiger partial charge in [0, 0.05) is 16.1 Å². The summed E-state index contributed by atoms with van der Waals surface area (Å²) in [7, 11) is -1.85. The molecule has 2 aromatic rings. The summed E-state index contributed by atoms with van der Waals surface area (Å²) in [5, 5.41) is 1.65. The normalized spacial score (nSPS) is 17.9. The van der Waals surface area contributed by atoms with Gasteiger partial charge in [0.15, 0.2) is 9.84 Å². The van der Waals surface area contributed by atoms with Crippen molar-refractivity contribution < 1.29 is 17.9 Å². The SMILES string of the molecule is COc1ccccc1C(=O)N(c1ccc(C)c(Cl)c1)[C@H]1C=CS(=O)(=O)C1. The number of amides is 1. The molecule has 136 valence electrons. The number of hydrogen-bond acceptors (Lipinski definition) is 4. The number of hydrogen-bond donors (Lipinski definition) is 0. The molecule has 0 radical (unpaired) electrons. The van der Waals surface area contributed by atoms with Crippen molar-refractivity contribution in [3.63, 3.8) is 0 Å². The molecule has 0 spiro atoms. The molecule has 2 aromatic carbocycles. The number of carbonyl (C=O) groups excluding carboxylic acids is 1. The highest BCUT2D eigenvalue weighted by Crippen LogP contribution is 2.30. The minimum absolute atomic E-state index is 0.167. The zero-order valence-electron chi connectivity index (χ0n) is 14.3. The van der Waals surface area contributed by atoms with Crippen molar-refractivity contribution in [1.82, 2.24) is 0 Å². The van der Waals surface area contributed by atoms with Crippen LogP contribution in [0, 0.1) is 6.92 Å². The van der Waals surface area contributed by atoms with Crippen LogP contribution in [0.1, 0.15) is 15.9 Å². The minimum Gasteiger partial charge on any atom is -0.496 e. The maximum Gasteiger partial charge on any atom is 0.262 e. The van der Waals surface area contributed by atoms with Gasteiger partial charge >= 0.3 is 0 Å². The first kappa shape index (κ1) is 18.5. The van der Waals surface area contributed by atoms with Crippen LogP contribution in [0.4, 0.5) is 5.69 Å². The molecule has 1 aliphatic heterocycles. The Morgan fingerprint density at radius 3 is 2.58 bits per heavy atom. The standard InChI is InChI=1S/C19H18ClNO4S/c1-13-7-8-14(11-17(13)20)21(15-9-10-26(23,24)12-15)19(22)16-5-3-4-6-18(16)25-2/h3-11,15H,12H2,1-2H3/t15-/m0/s1. The Kier molecular flexibility index (Phi) is 5.07. The highest BCUT2D eigenvalue weighted by Gasteiger charge is 2.33. The van der Waals surface area contributed by atoms with Crippen LogP contribution in [0.5, 0.6) is 5.75 Å². The number of methoxy groups -OCH3 is 1. The van der Waals surface area contributed by atoms with E-state index in [-0.39, 0.29) is 11.7 Å². The molecule has 0 saturated heterocycles. The lowest BCUT2D eigenvalue weighted by Crippen LogP contribution is -2.41. The fraction of sp³-hybridized carbons (Fsp3) is 0.211. The zero-order valence-corrected chi connectivity index (χ0v) is 15.9. The summed E-state index contributed by atoms with van der Waals surface area (Å²) in [6.07, 6.45) is 1.52. The summed E-state index contributed by atoms with van der Waals surface area (Å²) in [5.41, 5.74) is 1.75. The molecule has 1 aliphatic rings. The smallest absolute Gasteiger partial charge is 0.262 e. The molecule has 7 heteroatoms. The summed E-state index contributed by atoms with van der Waals surface area (Å²) in [5.74, 6) is -0.0981. The Morgan fingerprint density at radius 1 is 1.23 bits per heavy atom. The summed E-state index contributed by atoms with van der Waals surface area (Å²) in [6, 6.07) is 11.5. The van der Waals surface area contributed by atoms with Gasteiger partial charge in [-0.05, 0) is 42.8 Å². The van der Waals surface area contributed by atoms with Gasteiger partial charge in [-0.2, -0.15) is 0 Å². The van der Waals surface area contributed by atoms with Crippen molar-refractivity contribution in [2.45, 2.75) is 13.0 Å². The van der Waals surface area contributed by atoms with Gasteiger partial charge in [-0.3, -0.25) is 4.79 Å². The van der Waals surface area contributed by atoms with Crippen LogP contribution < -0.4 is 9.64 Å². The van der Waals surface area contributed by atoms with Gasteiger partial charge in [-0.1, -0.05) is 29.8 Å². The lowest BCUT2D eigenvalue weighted by atomic mass is 10.1. The Morgan fingerprint density at radius 2 is 1.96 bits per heavy atom. The summed E-state index contributed by atoms with van der Waals surface area (Å²) in [4.78, 5) is 14.7. The van der Waals surface area contributed by atoms with E-state index < -0.39 is 15.9 Å². The fourth-order valence-electron chi connectivity index (χ4n) is 2.86. The Balaban J connectivity index is 2.10. The van der Waals surface area contributed by atoms with Gasteiger partial charge < -0.3 is 9.64 Å². The Bertz CT molecular complexity index is 985. The predicted molar refractivity (Wildman–Crippen MR) is 103 cm³/mol. The number of aryl methyl sites for hydroxylation is 1. The van der Waals surface area contributed by atoms with Crippen LogP contribution in [0.15, 0.2) is 53.9 Å².